The molecule has 1 aliphatic heterocycles. The Morgan fingerprint density at radius 2 is 2.24 bits per heavy atom. The smallest absolute Gasteiger partial charge is 0.246 e. The van der Waals surface area contributed by atoms with Gasteiger partial charge in [-0.2, -0.15) is 0 Å². The number of aliphatic hydroxyl groups excluding tert-OH is 1. The first kappa shape index (κ1) is 16.2. The van der Waals surface area contributed by atoms with Crippen molar-refractivity contribution in [3.05, 3.63) is 28.0 Å². The molecule has 1 amide bonds. The minimum Gasteiger partial charge on any atom is -0.392 e. The van der Waals surface area contributed by atoms with Gasteiger partial charge in [-0.3, -0.25) is 4.79 Å². The first-order valence-corrected chi connectivity index (χ1v) is 8.41. The molecule has 1 saturated heterocycles. The van der Waals surface area contributed by atoms with E-state index in [2.05, 4.69) is 4.90 Å². The Morgan fingerprint density at radius 3 is 2.90 bits per heavy atom. The number of amides is 1. The molecule has 0 unspecified atom stereocenters. The molecule has 21 heavy (non-hydrogen) atoms. The van der Waals surface area contributed by atoms with Gasteiger partial charge in [-0.05, 0) is 62.0 Å². The summed E-state index contributed by atoms with van der Waals surface area (Å²) in [7, 11) is 1.85. The number of likely N-dealkylation sites (N-methyl/N-ethyl adjacent to an activating group) is 1. The van der Waals surface area contributed by atoms with Crippen LogP contribution < -0.4 is 0 Å². The lowest BCUT2D eigenvalue weighted by atomic mass is 10.3. The fourth-order valence-corrected chi connectivity index (χ4v) is 3.29. The van der Waals surface area contributed by atoms with Crippen LogP contribution in [0.25, 0.3) is 6.08 Å². The third-order valence-electron chi connectivity index (χ3n) is 3.79. The fourth-order valence-electron chi connectivity index (χ4n) is 2.49. The van der Waals surface area contributed by atoms with Crippen LogP contribution in [0.2, 0.25) is 0 Å². The van der Waals surface area contributed by atoms with E-state index in [9.17, 15) is 4.79 Å². The number of carbonyl (C=O) groups is 1. The maximum Gasteiger partial charge on any atom is 0.246 e. The lowest BCUT2D eigenvalue weighted by molar-refractivity contribution is -0.124. The van der Waals surface area contributed by atoms with Crippen molar-refractivity contribution in [2.24, 2.45) is 0 Å². The number of hydrogen-bond acceptors (Lipinski definition) is 4. The third-order valence-corrected chi connectivity index (χ3v) is 4.74. The summed E-state index contributed by atoms with van der Waals surface area (Å²) in [6, 6.07) is 1.90. The normalized spacial score (nSPS) is 15.9. The Bertz CT molecular complexity index is 478. The number of likely N-dealkylation sites (tertiary alicyclic amines) is 1. The molecule has 0 radical (unpaired) electrons. The number of aliphatic hydroxyl groups is 1. The van der Waals surface area contributed by atoms with Gasteiger partial charge >= 0.3 is 0 Å². The van der Waals surface area contributed by atoms with Crippen LogP contribution in [-0.4, -0.2) is 54.0 Å². The SMILES string of the molecule is CN(CCCN1CCCC1)C(=O)/C=C/c1cc(CO)cs1. The first-order chi connectivity index (χ1) is 10.2. The highest BCUT2D eigenvalue weighted by Gasteiger charge is 2.11. The minimum atomic E-state index is 0.0374. The van der Waals surface area contributed by atoms with Crippen molar-refractivity contribution in [1.29, 1.82) is 0 Å². The van der Waals surface area contributed by atoms with E-state index >= 15 is 0 Å². The van der Waals surface area contributed by atoms with Crippen molar-refractivity contribution >= 4 is 23.3 Å². The zero-order chi connectivity index (χ0) is 15.1. The van der Waals surface area contributed by atoms with Crippen molar-refractivity contribution in [2.45, 2.75) is 25.9 Å². The Kier molecular flexibility index (Phi) is 6.42. The predicted molar refractivity (Wildman–Crippen MR) is 87.2 cm³/mol. The highest BCUT2D eigenvalue weighted by Crippen LogP contribution is 2.16. The molecule has 5 heteroatoms. The minimum absolute atomic E-state index is 0.0374. The fraction of sp³-hybridized carbons (Fsp3) is 0.562. The molecule has 1 fully saturated rings. The van der Waals surface area contributed by atoms with Crippen LogP contribution in [0.1, 0.15) is 29.7 Å². The van der Waals surface area contributed by atoms with Crippen molar-refractivity contribution in [3.8, 4) is 0 Å². The second kappa shape index (κ2) is 8.32. The summed E-state index contributed by atoms with van der Waals surface area (Å²) in [6.07, 6.45) is 7.10. The predicted octanol–water partition coefficient (Wildman–Crippen LogP) is 2.20. The van der Waals surface area contributed by atoms with Crippen LogP contribution in [0.3, 0.4) is 0 Å². The summed E-state index contributed by atoms with van der Waals surface area (Å²) < 4.78 is 0. The molecule has 1 N–H and O–H groups in total. The quantitative estimate of drug-likeness (QED) is 0.785. The van der Waals surface area contributed by atoms with Gasteiger partial charge in [-0.15, -0.1) is 11.3 Å². The zero-order valence-electron chi connectivity index (χ0n) is 12.6. The number of nitrogens with zero attached hydrogens (tertiary/aromatic N) is 2. The summed E-state index contributed by atoms with van der Waals surface area (Å²) in [4.78, 5) is 17.2. The van der Waals surface area contributed by atoms with E-state index in [-0.39, 0.29) is 12.5 Å². The van der Waals surface area contributed by atoms with Gasteiger partial charge in [0, 0.05) is 24.5 Å². The van der Waals surface area contributed by atoms with Gasteiger partial charge in [-0.1, -0.05) is 0 Å². The van der Waals surface area contributed by atoms with Gasteiger partial charge in [0.1, 0.15) is 0 Å². The van der Waals surface area contributed by atoms with Crippen LogP contribution in [0.15, 0.2) is 17.5 Å². The van der Waals surface area contributed by atoms with E-state index in [1.807, 2.05) is 24.6 Å². The van der Waals surface area contributed by atoms with Crippen LogP contribution in [0, 0.1) is 0 Å². The molecule has 0 aromatic carbocycles. The summed E-state index contributed by atoms with van der Waals surface area (Å²) >= 11 is 1.54. The van der Waals surface area contributed by atoms with Crippen molar-refractivity contribution in [1.82, 2.24) is 9.80 Å². The molecule has 4 nitrogen and oxygen atoms in total. The molecule has 2 heterocycles. The van der Waals surface area contributed by atoms with Crippen molar-refractivity contribution in [2.75, 3.05) is 33.2 Å². The molecule has 1 aromatic rings. The highest BCUT2D eigenvalue weighted by atomic mass is 32.1. The summed E-state index contributed by atoms with van der Waals surface area (Å²) in [5.74, 6) is 0.0374. The van der Waals surface area contributed by atoms with Gasteiger partial charge in [0.15, 0.2) is 0 Å². The standard InChI is InChI=1S/C16H24N2O2S/c1-17(7-4-10-18-8-2-3-9-18)16(20)6-5-15-11-14(12-19)13-21-15/h5-6,11,13,19H,2-4,7-10,12H2,1H3/b6-5+. The molecule has 116 valence electrons. The van der Waals surface area contributed by atoms with Gasteiger partial charge in [0.2, 0.25) is 5.91 Å². The zero-order valence-corrected chi connectivity index (χ0v) is 13.4. The molecule has 0 aliphatic carbocycles. The van der Waals surface area contributed by atoms with E-state index in [1.54, 1.807) is 11.0 Å². The number of carbonyl (C=O) groups excluding carboxylic acids is 1. The number of rotatable bonds is 7. The molecule has 2 rings (SSSR count). The maximum atomic E-state index is 12.0. The average Bonchev–Trinajstić information content (AvgIpc) is 3.15. The van der Waals surface area contributed by atoms with Gasteiger partial charge in [0.25, 0.3) is 0 Å². The second-order valence-corrected chi connectivity index (χ2v) is 6.45. The highest BCUT2D eigenvalue weighted by molar-refractivity contribution is 7.11. The third kappa shape index (κ3) is 5.26. The van der Waals surface area contributed by atoms with Crippen LogP contribution in [0.4, 0.5) is 0 Å². The molecule has 0 saturated carbocycles. The molecular weight excluding hydrogens is 284 g/mol. The van der Waals surface area contributed by atoms with E-state index in [0.717, 1.165) is 30.0 Å². The maximum absolute atomic E-state index is 12.0. The lowest BCUT2D eigenvalue weighted by Gasteiger charge is -2.18. The topological polar surface area (TPSA) is 43.8 Å². The lowest BCUT2D eigenvalue weighted by Crippen LogP contribution is -2.29. The van der Waals surface area contributed by atoms with Crippen molar-refractivity contribution < 1.29 is 9.90 Å². The number of thiophene rings is 1. The van der Waals surface area contributed by atoms with E-state index in [1.165, 1.54) is 37.3 Å². The Hall–Kier alpha value is -1.17. The largest absolute Gasteiger partial charge is 0.392 e. The Labute approximate surface area is 130 Å². The van der Waals surface area contributed by atoms with Crippen LogP contribution in [-0.2, 0) is 11.4 Å². The summed E-state index contributed by atoms with van der Waals surface area (Å²) in [5.41, 5.74) is 0.895. The summed E-state index contributed by atoms with van der Waals surface area (Å²) in [5, 5.41) is 10.9. The van der Waals surface area contributed by atoms with Gasteiger partial charge in [-0.25, -0.2) is 0 Å². The molecule has 1 aliphatic rings. The molecule has 1 aromatic heterocycles. The van der Waals surface area contributed by atoms with Crippen LogP contribution >= 0.6 is 11.3 Å². The van der Waals surface area contributed by atoms with Gasteiger partial charge in [0.05, 0.1) is 6.61 Å². The Balaban J connectivity index is 1.71. The van der Waals surface area contributed by atoms with Crippen molar-refractivity contribution in [3.63, 3.8) is 0 Å². The number of hydrogen-bond donors (Lipinski definition) is 1. The summed E-state index contributed by atoms with van der Waals surface area (Å²) in [6.45, 7) is 4.36. The van der Waals surface area contributed by atoms with E-state index in [4.69, 9.17) is 5.11 Å². The van der Waals surface area contributed by atoms with E-state index in [0.29, 0.717) is 0 Å². The first-order valence-electron chi connectivity index (χ1n) is 7.53. The monoisotopic (exact) mass is 308 g/mol. The van der Waals surface area contributed by atoms with E-state index < -0.39 is 0 Å². The van der Waals surface area contributed by atoms with Gasteiger partial charge < -0.3 is 14.9 Å². The Morgan fingerprint density at radius 1 is 1.48 bits per heavy atom. The van der Waals surface area contributed by atoms with Crippen LogP contribution in [0.5, 0.6) is 0 Å². The average molecular weight is 308 g/mol. The molecule has 0 atom stereocenters. The molecule has 0 spiro atoms. The molecule has 0 bridgehead atoms. The second-order valence-electron chi connectivity index (χ2n) is 5.51. The molecular formula is C16H24N2O2S.